The molecule has 0 radical (unpaired) electrons. The highest BCUT2D eigenvalue weighted by molar-refractivity contribution is 8.77. The molecule has 2 aliphatic heterocycles. The Kier molecular flexibility index (Phi) is 12.9. The number of carbonyl (C=O) groups is 1. The van der Waals surface area contributed by atoms with Gasteiger partial charge in [0.2, 0.25) is 5.75 Å². The Hall–Kier alpha value is -4.05. The molecule has 2 saturated carbocycles. The molecular formula is C41H52N4O9S2. The Bertz CT molecular complexity index is 1850. The second-order valence-corrected chi connectivity index (χ2v) is 18.0. The number of guanidine groups is 1. The lowest BCUT2D eigenvalue weighted by Gasteiger charge is -2.50. The number of aromatic hydroxyl groups is 3. The van der Waals surface area contributed by atoms with Gasteiger partial charge in [-0.25, -0.2) is 0 Å². The minimum Gasteiger partial charge on any atom is -0.504 e. The van der Waals surface area contributed by atoms with Gasteiger partial charge in [-0.05, 0) is 85.5 Å². The van der Waals surface area contributed by atoms with Gasteiger partial charge in [0.05, 0.1) is 37.5 Å². The maximum atomic E-state index is 12.6. The van der Waals surface area contributed by atoms with Crippen molar-refractivity contribution in [1.82, 2.24) is 10.3 Å². The van der Waals surface area contributed by atoms with Crippen LogP contribution in [0.2, 0.25) is 0 Å². The van der Waals surface area contributed by atoms with Crippen LogP contribution in [0.5, 0.6) is 28.7 Å². The second-order valence-electron chi connectivity index (χ2n) is 15.4. The summed E-state index contributed by atoms with van der Waals surface area (Å²) in [6, 6.07) is 12.6. The highest BCUT2D eigenvalue weighted by Gasteiger charge is 2.50. The molecule has 4 aliphatic rings. The van der Waals surface area contributed by atoms with Gasteiger partial charge in [0.1, 0.15) is 12.2 Å². The summed E-state index contributed by atoms with van der Waals surface area (Å²) in [4.78, 5) is 21.0. The molecule has 13 nitrogen and oxygen atoms in total. The molecule has 1 saturated heterocycles. The van der Waals surface area contributed by atoms with Crippen LogP contribution in [0.25, 0.3) is 0 Å². The van der Waals surface area contributed by atoms with Crippen LogP contribution in [0, 0.1) is 11.8 Å². The number of rotatable bonds is 9. The highest BCUT2D eigenvalue weighted by Crippen LogP contribution is 2.52. The molecular weight excluding hydrogens is 757 g/mol. The highest BCUT2D eigenvalue weighted by atomic mass is 33.1. The van der Waals surface area contributed by atoms with E-state index < -0.39 is 17.7 Å². The Morgan fingerprint density at radius 2 is 2.00 bits per heavy atom. The summed E-state index contributed by atoms with van der Waals surface area (Å²) in [5.74, 6) is 0.536. The van der Waals surface area contributed by atoms with Gasteiger partial charge in [0.25, 0.3) is 0 Å². The van der Waals surface area contributed by atoms with Crippen molar-refractivity contribution in [1.29, 1.82) is 0 Å². The Labute approximate surface area is 335 Å². The lowest BCUT2D eigenvalue weighted by atomic mass is 9.70. The average Bonchev–Trinajstić information content (AvgIpc) is 3.18. The standard InChI is InChI=1S/C41H52N4O9S2/c1-24(47)52-34-20-33(27-18-32(49)38(50)36(19-27)51-15-10-25-4-3-12-43-22-25)54-39-29(34)7-9-37-30(39)16-26-6-8-31(48)35(17-26)53-28-5-2-11-41(21-28,23-55-56-37)45-40(42)44-13-14-46/h3-4,6,8,12,17-19,22,28-30,33-34,37,39,46,48-50H,2,5,7,9-11,13-16,20-21,23H2,1H3,(H3,42,44,45)/t28-,29-,30+,33-,34+,37-,39-,41+/m0/s1. The second kappa shape index (κ2) is 18.0. The number of ether oxygens (including phenoxy) is 4. The number of fused-ring (bicyclic) bond motifs is 7. The van der Waals surface area contributed by atoms with E-state index in [0.29, 0.717) is 43.0 Å². The predicted molar refractivity (Wildman–Crippen MR) is 215 cm³/mol. The summed E-state index contributed by atoms with van der Waals surface area (Å²) < 4.78 is 25.7. The van der Waals surface area contributed by atoms with E-state index in [0.717, 1.165) is 49.0 Å². The minimum absolute atomic E-state index is 0.0226. The fraction of sp³-hybridized carbons (Fsp3) is 0.537. The quantitative estimate of drug-likeness (QED) is 0.0516. The van der Waals surface area contributed by atoms with Crippen LogP contribution >= 0.6 is 21.6 Å². The Balaban J connectivity index is 1.19. The summed E-state index contributed by atoms with van der Waals surface area (Å²) in [5, 5.41) is 45.7. The number of aliphatic imine (C=N–C) groups is 1. The van der Waals surface area contributed by atoms with Gasteiger partial charge in [-0.2, -0.15) is 0 Å². The molecule has 15 heteroatoms. The van der Waals surface area contributed by atoms with Crippen molar-refractivity contribution < 1.29 is 44.2 Å². The van der Waals surface area contributed by atoms with Crippen molar-refractivity contribution in [2.24, 2.45) is 22.6 Å². The van der Waals surface area contributed by atoms with Crippen LogP contribution in [-0.2, 0) is 27.1 Å². The summed E-state index contributed by atoms with van der Waals surface area (Å²) in [6.07, 6.45) is 8.51. The van der Waals surface area contributed by atoms with E-state index in [1.807, 2.05) is 35.1 Å². The third kappa shape index (κ3) is 9.55. The normalized spacial score (nSPS) is 29.2. The SMILES string of the molecule is CC(=O)O[C@@H]1C[C@@H](c2cc(O)c(O)c(OCCc3cccnc3)c2)O[C@H]2[C@H]1CC[C@@H]1SSC[C@@]3(NC(N)=NCCO)CCC[C@@H](C3)Oc3cc(ccc3O)C[C@@H]21. The van der Waals surface area contributed by atoms with Crippen molar-refractivity contribution in [2.45, 2.75) is 99.9 Å². The summed E-state index contributed by atoms with van der Waals surface area (Å²) >= 11 is 0. The number of phenols is 3. The number of hydrogen-bond acceptors (Lipinski definition) is 13. The first kappa shape index (κ1) is 40.2. The van der Waals surface area contributed by atoms with E-state index in [1.165, 1.54) is 13.0 Å². The fourth-order valence-corrected chi connectivity index (χ4v) is 12.3. The first-order chi connectivity index (χ1) is 27.1. The smallest absolute Gasteiger partial charge is 0.302 e. The molecule has 0 amide bonds. The van der Waals surface area contributed by atoms with Crippen molar-refractivity contribution >= 4 is 33.5 Å². The zero-order valence-electron chi connectivity index (χ0n) is 31.5. The lowest BCUT2D eigenvalue weighted by Crippen LogP contribution is -2.57. The number of carbonyl (C=O) groups excluding carboxylic acids is 1. The molecule has 4 bridgehead atoms. The van der Waals surface area contributed by atoms with E-state index in [-0.39, 0.29) is 78.0 Å². The van der Waals surface area contributed by atoms with Crippen molar-refractivity contribution in [3.05, 3.63) is 71.5 Å². The number of benzene rings is 2. The maximum absolute atomic E-state index is 12.6. The third-order valence-electron chi connectivity index (χ3n) is 11.4. The molecule has 3 heterocycles. The molecule has 3 aromatic rings. The van der Waals surface area contributed by atoms with Gasteiger partial charge < -0.3 is 50.4 Å². The molecule has 0 spiro atoms. The zero-order chi connectivity index (χ0) is 39.2. The molecule has 0 unspecified atom stereocenters. The van der Waals surface area contributed by atoms with Crippen LogP contribution in [0.1, 0.15) is 74.7 Å². The van der Waals surface area contributed by atoms with Crippen molar-refractivity contribution in [3.63, 3.8) is 0 Å². The number of aliphatic hydroxyl groups excluding tert-OH is 1. The molecule has 1 aromatic heterocycles. The van der Waals surface area contributed by atoms with E-state index in [2.05, 4.69) is 15.3 Å². The number of aromatic nitrogens is 1. The average molecular weight is 809 g/mol. The number of hydrogen-bond donors (Lipinski definition) is 6. The minimum atomic E-state index is -0.569. The number of nitrogens with one attached hydrogen (secondary N) is 1. The summed E-state index contributed by atoms with van der Waals surface area (Å²) in [6.45, 7) is 1.80. The third-order valence-corrected chi connectivity index (χ3v) is 14.5. The van der Waals surface area contributed by atoms with Gasteiger partial charge >= 0.3 is 5.97 Å². The van der Waals surface area contributed by atoms with E-state index in [9.17, 15) is 25.2 Å². The van der Waals surface area contributed by atoms with Crippen LogP contribution in [0.4, 0.5) is 0 Å². The first-order valence-electron chi connectivity index (χ1n) is 19.5. The van der Waals surface area contributed by atoms with Gasteiger partial charge in [-0.1, -0.05) is 33.7 Å². The van der Waals surface area contributed by atoms with Crippen molar-refractivity contribution in [3.8, 4) is 28.7 Å². The molecule has 302 valence electrons. The van der Waals surface area contributed by atoms with Crippen molar-refractivity contribution in [2.75, 3.05) is 25.5 Å². The molecule has 56 heavy (non-hydrogen) atoms. The van der Waals surface area contributed by atoms with E-state index in [1.54, 1.807) is 35.3 Å². The molecule has 3 fully saturated rings. The number of aliphatic hydroxyl groups is 1. The summed E-state index contributed by atoms with van der Waals surface area (Å²) in [5.41, 5.74) is 8.52. The van der Waals surface area contributed by atoms with Gasteiger partial charge in [0.15, 0.2) is 29.0 Å². The number of nitrogens with zero attached hydrogens (tertiary/aromatic N) is 2. The Morgan fingerprint density at radius 1 is 1.12 bits per heavy atom. The molecule has 7 rings (SSSR count). The molecule has 2 aliphatic carbocycles. The molecule has 2 aromatic carbocycles. The number of phenolic OH excluding ortho intramolecular Hbond substituents is 3. The maximum Gasteiger partial charge on any atom is 0.302 e. The van der Waals surface area contributed by atoms with Gasteiger partial charge in [-0.15, -0.1) is 0 Å². The fourth-order valence-electron chi connectivity index (χ4n) is 8.80. The zero-order valence-corrected chi connectivity index (χ0v) is 33.2. The van der Waals surface area contributed by atoms with Crippen LogP contribution in [0.15, 0.2) is 59.9 Å². The van der Waals surface area contributed by atoms with Gasteiger partial charge in [-0.3, -0.25) is 14.8 Å². The molecule has 7 N–H and O–H groups in total. The number of esters is 1. The topological polar surface area (TPSA) is 198 Å². The van der Waals surface area contributed by atoms with Crippen LogP contribution < -0.4 is 20.5 Å². The molecule has 8 atom stereocenters. The number of pyridine rings is 1. The lowest BCUT2D eigenvalue weighted by molar-refractivity contribution is -0.191. The van der Waals surface area contributed by atoms with E-state index >= 15 is 0 Å². The van der Waals surface area contributed by atoms with Crippen LogP contribution in [-0.4, -0.2) is 92.0 Å². The number of nitrogens with two attached hydrogens (primary N) is 1. The first-order valence-corrected chi connectivity index (χ1v) is 21.8. The van der Waals surface area contributed by atoms with E-state index in [4.69, 9.17) is 24.7 Å². The largest absolute Gasteiger partial charge is 0.504 e. The Morgan fingerprint density at radius 3 is 2.80 bits per heavy atom. The van der Waals surface area contributed by atoms with Crippen LogP contribution in [0.3, 0.4) is 0 Å². The summed E-state index contributed by atoms with van der Waals surface area (Å²) in [7, 11) is 3.64. The predicted octanol–water partition coefficient (Wildman–Crippen LogP) is 5.57. The van der Waals surface area contributed by atoms with Gasteiger partial charge in [0, 0.05) is 61.4 Å². The monoisotopic (exact) mass is 808 g/mol.